The summed E-state index contributed by atoms with van der Waals surface area (Å²) in [5.41, 5.74) is 6.28. The van der Waals surface area contributed by atoms with E-state index in [4.69, 9.17) is 0 Å². The van der Waals surface area contributed by atoms with Crippen LogP contribution in [0.1, 0.15) is 31.5 Å². The highest BCUT2D eigenvalue weighted by molar-refractivity contribution is 7.17. The Kier molecular flexibility index (Phi) is 6.51. The summed E-state index contributed by atoms with van der Waals surface area (Å²) >= 11 is 2.59. The molecule has 0 aliphatic carbocycles. The molecule has 0 atom stereocenters. The number of hydrazine groups is 1. The van der Waals surface area contributed by atoms with E-state index in [1.807, 2.05) is 35.7 Å². The molecule has 28 heavy (non-hydrogen) atoms. The van der Waals surface area contributed by atoms with Crippen LogP contribution in [0, 0.1) is 6.92 Å². The third-order valence-electron chi connectivity index (χ3n) is 3.72. The molecule has 1 aromatic carbocycles. The zero-order valence-corrected chi connectivity index (χ0v) is 16.7. The van der Waals surface area contributed by atoms with E-state index in [0.717, 1.165) is 10.6 Å². The van der Waals surface area contributed by atoms with Crippen molar-refractivity contribution >= 4 is 40.4 Å². The van der Waals surface area contributed by atoms with E-state index < -0.39 is 11.8 Å². The standard InChI is InChI=1S/C19H18N4O3S2/c1-12-16(28-19(21-12)13-6-3-2-4-7-13)18(26)23-22-15(24)9-10-20-17(25)14-8-5-11-27-14/h2-8,11H,9-10H2,1H3,(H,20,25)(H,22,24)(H,23,26). The fourth-order valence-corrected chi connectivity index (χ4v) is 3.95. The molecule has 0 fully saturated rings. The number of hydrogen-bond acceptors (Lipinski definition) is 6. The Bertz CT molecular complexity index is 968. The van der Waals surface area contributed by atoms with E-state index >= 15 is 0 Å². The lowest BCUT2D eigenvalue weighted by Crippen LogP contribution is -2.42. The van der Waals surface area contributed by atoms with Gasteiger partial charge in [0.2, 0.25) is 5.91 Å². The van der Waals surface area contributed by atoms with Crippen molar-refractivity contribution in [2.24, 2.45) is 0 Å². The van der Waals surface area contributed by atoms with Gasteiger partial charge in [-0.2, -0.15) is 0 Å². The minimum absolute atomic E-state index is 0.0499. The number of carbonyl (C=O) groups is 3. The maximum absolute atomic E-state index is 12.3. The van der Waals surface area contributed by atoms with Crippen LogP contribution in [-0.4, -0.2) is 29.3 Å². The molecule has 0 radical (unpaired) electrons. The van der Waals surface area contributed by atoms with Gasteiger partial charge in [-0.25, -0.2) is 4.98 Å². The normalized spacial score (nSPS) is 10.3. The summed E-state index contributed by atoms with van der Waals surface area (Å²) in [6, 6.07) is 13.1. The first kappa shape index (κ1) is 19.7. The Labute approximate surface area is 169 Å². The second-order valence-corrected chi connectivity index (χ2v) is 7.73. The monoisotopic (exact) mass is 414 g/mol. The van der Waals surface area contributed by atoms with Crippen molar-refractivity contribution in [1.82, 2.24) is 21.2 Å². The molecule has 2 aromatic heterocycles. The highest BCUT2D eigenvalue weighted by Crippen LogP contribution is 2.27. The molecule has 0 saturated carbocycles. The van der Waals surface area contributed by atoms with Gasteiger partial charge in [0.05, 0.1) is 10.6 Å². The minimum Gasteiger partial charge on any atom is -0.351 e. The van der Waals surface area contributed by atoms with E-state index in [-0.39, 0.29) is 18.9 Å². The summed E-state index contributed by atoms with van der Waals surface area (Å²) in [5.74, 6) is -1.04. The van der Waals surface area contributed by atoms with Crippen LogP contribution in [0.5, 0.6) is 0 Å². The van der Waals surface area contributed by atoms with Crippen LogP contribution in [-0.2, 0) is 4.79 Å². The Balaban J connectivity index is 1.47. The molecule has 3 N–H and O–H groups in total. The predicted octanol–water partition coefficient (Wildman–Crippen LogP) is 2.76. The van der Waals surface area contributed by atoms with Gasteiger partial charge in [-0.3, -0.25) is 25.2 Å². The number of carbonyl (C=O) groups excluding carboxylic acids is 3. The molecule has 3 aromatic rings. The number of rotatable bonds is 6. The number of nitrogens with zero attached hydrogens (tertiary/aromatic N) is 1. The Morgan fingerprint density at radius 3 is 2.50 bits per heavy atom. The zero-order valence-electron chi connectivity index (χ0n) is 15.0. The zero-order chi connectivity index (χ0) is 19.9. The van der Waals surface area contributed by atoms with Crippen LogP contribution < -0.4 is 16.2 Å². The molecule has 144 valence electrons. The number of thiophene rings is 1. The fourth-order valence-electron chi connectivity index (χ4n) is 2.34. The molecule has 0 aliphatic rings. The molecule has 0 spiro atoms. The molecule has 0 saturated heterocycles. The molecular formula is C19H18N4O3S2. The smallest absolute Gasteiger partial charge is 0.281 e. The van der Waals surface area contributed by atoms with E-state index in [1.54, 1.807) is 19.1 Å². The van der Waals surface area contributed by atoms with Gasteiger partial charge in [0.25, 0.3) is 11.8 Å². The van der Waals surface area contributed by atoms with Crippen LogP contribution in [0.25, 0.3) is 10.6 Å². The summed E-state index contributed by atoms with van der Waals surface area (Å²) in [6.07, 6.45) is 0.0499. The van der Waals surface area contributed by atoms with Crippen LogP contribution in [0.3, 0.4) is 0 Å². The number of benzene rings is 1. The lowest BCUT2D eigenvalue weighted by molar-refractivity contribution is -0.121. The highest BCUT2D eigenvalue weighted by Gasteiger charge is 2.16. The second-order valence-electron chi connectivity index (χ2n) is 5.79. The van der Waals surface area contributed by atoms with Crippen molar-refractivity contribution in [2.45, 2.75) is 13.3 Å². The third kappa shape index (κ3) is 5.02. The lowest BCUT2D eigenvalue weighted by atomic mass is 10.2. The quantitative estimate of drug-likeness (QED) is 0.540. The van der Waals surface area contributed by atoms with Crippen molar-refractivity contribution in [2.75, 3.05) is 6.54 Å². The van der Waals surface area contributed by atoms with Crippen LogP contribution in [0.15, 0.2) is 47.8 Å². The maximum Gasteiger partial charge on any atom is 0.281 e. The molecule has 0 aliphatic heterocycles. The van der Waals surface area contributed by atoms with E-state index in [1.165, 1.54) is 22.7 Å². The molecule has 7 nitrogen and oxygen atoms in total. The van der Waals surface area contributed by atoms with Crippen molar-refractivity contribution in [3.8, 4) is 10.6 Å². The average molecular weight is 415 g/mol. The van der Waals surface area contributed by atoms with Crippen LogP contribution >= 0.6 is 22.7 Å². The number of hydrogen-bond donors (Lipinski definition) is 3. The summed E-state index contributed by atoms with van der Waals surface area (Å²) in [5, 5.41) is 5.20. The van der Waals surface area contributed by atoms with Gasteiger partial charge in [0, 0.05) is 18.5 Å². The SMILES string of the molecule is Cc1nc(-c2ccccc2)sc1C(=O)NNC(=O)CCNC(=O)c1cccs1. The van der Waals surface area contributed by atoms with Crippen molar-refractivity contribution in [3.05, 3.63) is 63.3 Å². The first-order valence-corrected chi connectivity index (χ1v) is 10.2. The van der Waals surface area contributed by atoms with Gasteiger partial charge in [-0.05, 0) is 18.4 Å². The average Bonchev–Trinajstić information content (AvgIpc) is 3.37. The minimum atomic E-state index is -0.423. The van der Waals surface area contributed by atoms with Gasteiger partial charge in [0.15, 0.2) is 0 Å². The van der Waals surface area contributed by atoms with Crippen LogP contribution in [0.2, 0.25) is 0 Å². The molecule has 3 amide bonds. The molecule has 0 bridgehead atoms. The fraction of sp³-hybridized carbons (Fsp3) is 0.158. The first-order valence-electron chi connectivity index (χ1n) is 8.48. The van der Waals surface area contributed by atoms with E-state index in [0.29, 0.717) is 15.4 Å². The first-order chi connectivity index (χ1) is 13.5. The van der Waals surface area contributed by atoms with Crippen molar-refractivity contribution < 1.29 is 14.4 Å². The molecule has 3 rings (SSSR count). The predicted molar refractivity (Wildman–Crippen MR) is 109 cm³/mol. The van der Waals surface area contributed by atoms with Gasteiger partial charge in [-0.1, -0.05) is 36.4 Å². The topological polar surface area (TPSA) is 100 Å². The van der Waals surface area contributed by atoms with E-state index in [9.17, 15) is 14.4 Å². The highest BCUT2D eigenvalue weighted by atomic mass is 32.1. The van der Waals surface area contributed by atoms with Crippen molar-refractivity contribution in [3.63, 3.8) is 0 Å². The molecule has 0 unspecified atom stereocenters. The van der Waals surface area contributed by atoms with Crippen molar-refractivity contribution in [1.29, 1.82) is 0 Å². The van der Waals surface area contributed by atoms with Gasteiger partial charge < -0.3 is 5.32 Å². The summed E-state index contributed by atoms with van der Waals surface area (Å²) in [6.45, 7) is 1.93. The number of amides is 3. The maximum atomic E-state index is 12.3. The summed E-state index contributed by atoms with van der Waals surface area (Å²) in [7, 11) is 0. The number of thiazole rings is 1. The largest absolute Gasteiger partial charge is 0.351 e. The number of aromatic nitrogens is 1. The Hall–Kier alpha value is -3.04. The third-order valence-corrected chi connectivity index (χ3v) is 5.80. The lowest BCUT2D eigenvalue weighted by Gasteiger charge is -2.07. The van der Waals surface area contributed by atoms with Gasteiger partial charge in [0.1, 0.15) is 9.88 Å². The second kappa shape index (κ2) is 9.25. The van der Waals surface area contributed by atoms with Crippen LogP contribution in [0.4, 0.5) is 0 Å². The van der Waals surface area contributed by atoms with Gasteiger partial charge in [-0.15, -0.1) is 22.7 Å². The summed E-state index contributed by atoms with van der Waals surface area (Å²) in [4.78, 5) is 41.4. The number of aryl methyl sites for hydroxylation is 1. The Morgan fingerprint density at radius 1 is 1.00 bits per heavy atom. The molecular weight excluding hydrogens is 396 g/mol. The molecule has 2 heterocycles. The summed E-state index contributed by atoms with van der Waals surface area (Å²) < 4.78 is 0. The van der Waals surface area contributed by atoms with Gasteiger partial charge >= 0.3 is 0 Å². The van der Waals surface area contributed by atoms with E-state index in [2.05, 4.69) is 21.2 Å². The number of nitrogens with one attached hydrogen (secondary N) is 3. The molecule has 9 heteroatoms. The Morgan fingerprint density at radius 2 is 1.79 bits per heavy atom.